The standard InChI is InChI=1S/C48H32N2O9/c1-29-39-27-35(55-33-19-11-5-12-20-33)23-25-37(39)43(57-45(51)31-15-7-3-8-16-31)41(49-29)47(53)59-48(54)42-44(58-46(52)32-17-9-4-10-18-32)38-26-24-36(28-40(38)30(2)50-42)56-34-21-13-6-14-22-34/h3-28H,1-2H3. The number of hydrogen-bond acceptors (Lipinski definition) is 11. The molecule has 0 spiro atoms. The van der Waals surface area contributed by atoms with E-state index >= 15 is 0 Å². The van der Waals surface area contributed by atoms with Gasteiger partial charge in [-0.1, -0.05) is 72.8 Å². The molecule has 0 unspecified atom stereocenters. The molecule has 0 aliphatic carbocycles. The quantitative estimate of drug-likeness (QED) is 0.0967. The number of fused-ring (bicyclic) bond motifs is 2. The van der Waals surface area contributed by atoms with Gasteiger partial charge in [-0.15, -0.1) is 0 Å². The Morgan fingerprint density at radius 1 is 0.390 bits per heavy atom. The summed E-state index contributed by atoms with van der Waals surface area (Å²) < 4.78 is 29.3. The van der Waals surface area contributed by atoms with E-state index < -0.39 is 35.3 Å². The van der Waals surface area contributed by atoms with Crippen LogP contribution >= 0.6 is 0 Å². The van der Waals surface area contributed by atoms with E-state index in [-0.39, 0.29) is 22.6 Å². The number of esters is 4. The molecule has 0 amide bonds. The van der Waals surface area contributed by atoms with Crippen LogP contribution < -0.4 is 18.9 Å². The fraction of sp³-hybridized carbons (Fsp3) is 0.0417. The first-order valence-electron chi connectivity index (χ1n) is 18.4. The summed E-state index contributed by atoms with van der Waals surface area (Å²) in [7, 11) is 0. The number of rotatable bonds is 10. The van der Waals surface area contributed by atoms with Gasteiger partial charge in [-0.3, -0.25) is 0 Å². The number of hydrogen-bond donors (Lipinski definition) is 0. The van der Waals surface area contributed by atoms with Crippen LogP contribution in [0.3, 0.4) is 0 Å². The van der Waals surface area contributed by atoms with Gasteiger partial charge in [0.05, 0.1) is 11.1 Å². The van der Waals surface area contributed by atoms with Crippen LogP contribution in [0.15, 0.2) is 158 Å². The van der Waals surface area contributed by atoms with E-state index in [9.17, 15) is 19.2 Å². The number of ether oxygens (including phenoxy) is 5. The Balaban J connectivity index is 1.18. The number of aryl methyl sites for hydroxylation is 2. The van der Waals surface area contributed by atoms with Crippen LogP contribution in [-0.4, -0.2) is 33.8 Å². The van der Waals surface area contributed by atoms with Gasteiger partial charge < -0.3 is 23.7 Å². The Hall–Kier alpha value is -8.18. The SMILES string of the molecule is Cc1nc(C(=O)OC(=O)c2nc(C)c3cc(Oc4ccccc4)ccc3c2OC(=O)c2ccccc2)c(OC(=O)c2ccccc2)c2ccc(Oc3ccccc3)cc12. The van der Waals surface area contributed by atoms with Gasteiger partial charge in [0.25, 0.3) is 0 Å². The number of nitrogens with zero attached hydrogens (tertiary/aromatic N) is 2. The second kappa shape index (κ2) is 16.5. The van der Waals surface area contributed by atoms with E-state index in [1.165, 1.54) is 0 Å². The summed E-state index contributed by atoms with van der Waals surface area (Å²) >= 11 is 0. The predicted octanol–water partition coefficient (Wildman–Crippen LogP) is 10.4. The Kier molecular flexibility index (Phi) is 10.6. The minimum absolute atomic E-state index is 0.207. The number of carbonyl (C=O) groups is 4. The molecule has 59 heavy (non-hydrogen) atoms. The largest absolute Gasteiger partial charge is 0.457 e. The number of pyridine rings is 2. The number of benzene rings is 6. The summed E-state index contributed by atoms with van der Waals surface area (Å²) in [5, 5.41) is 1.67. The molecule has 11 heteroatoms. The minimum Gasteiger partial charge on any atom is -0.457 e. The van der Waals surface area contributed by atoms with E-state index in [1.807, 2.05) is 36.4 Å². The zero-order valence-electron chi connectivity index (χ0n) is 31.6. The van der Waals surface area contributed by atoms with Gasteiger partial charge in [0.15, 0.2) is 22.9 Å². The van der Waals surface area contributed by atoms with Crippen LogP contribution in [-0.2, 0) is 4.74 Å². The fourth-order valence-electron chi connectivity index (χ4n) is 6.35. The first-order chi connectivity index (χ1) is 28.7. The Labute approximate surface area is 337 Å². The molecule has 0 N–H and O–H groups in total. The lowest BCUT2D eigenvalue weighted by molar-refractivity contribution is 0.0385. The summed E-state index contributed by atoms with van der Waals surface area (Å²) in [6, 6.07) is 44.7. The van der Waals surface area contributed by atoms with E-state index in [4.69, 9.17) is 23.7 Å². The first kappa shape index (κ1) is 37.7. The normalized spacial score (nSPS) is 10.8. The molecule has 0 atom stereocenters. The lowest BCUT2D eigenvalue weighted by atomic mass is 10.1. The van der Waals surface area contributed by atoms with Crippen LogP contribution in [0.5, 0.6) is 34.5 Å². The highest BCUT2D eigenvalue weighted by Gasteiger charge is 2.30. The third-order valence-corrected chi connectivity index (χ3v) is 9.18. The average molecular weight is 781 g/mol. The molecule has 0 radical (unpaired) electrons. The maximum atomic E-state index is 14.1. The molecule has 288 valence electrons. The Morgan fingerprint density at radius 2 is 0.746 bits per heavy atom. The van der Waals surface area contributed by atoms with E-state index in [2.05, 4.69) is 9.97 Å². The molecule has 0 saturated heterocycles. The second-order valence-electron chi connectivity index (χ2n) is 13.2. The Bertz CT molecular complexity index is 2690. The highest BCUT2D eigenvalue weighted by atomic mass is 16.6. The first-order valence-corrected chi connectivity index (χ1v) is 18.4. The van der Waals surface area contributed by atoms with Crippen LogP contribution in [0.4, 0.5) is 0 Å². The monoisotopic (exact) mass is 780 g/mol. The summed E-state index contributed by atoms with van der Waals surface area (Å²) in [4.78, 5) is 64.1. The van der Waals surface area contributed by atoms with Crippen molar-refractivity contribution in [3.8, 4) is 34.5 Å². The third kappa shape index (κ3) is 8.21. The van der Waals surface area contributed by atoms with Crippen LogP contribution in [0.2, 0.25) is 0 Å². The van der Waals surface area contributed by atoms with Crippen molar-refractivity contribution in [3.05, 3.63) is 192 Å². The smallest absolute Gasteiger partial charge is 0.368 e. The van der Waals surface area contributed by atoms with E-state index in [0.717, 1.165) is 0 Å². The summed E-state index contributed by atoms with van der Waals surface area (Å²) in [6.07, 6.45) is 0. The molecule has 2 heterocycles. The molecule has 11 nitrogen and oxygen atoms in total. The summed E-state index contributed by atoms with van der Waals surface area (Å²) in [6.45, 7) is 3.31. The summed E-state index contributed by atoms with van der Waals surface area (Å²) in [5.41, 5.74) is 0.211. The highest BCUT2D eigenvalue weighted by molar-refractivity contribution is 6.10. The Morgan fingerprint density at radius 3 is 1.12 bits per heavy atom. The minimum atomic E-state index is -1.24. The highest BCUT2D eigenvalue weighted by Crippen LogP contribution is 2.38. The van der Waals surface area contributed by atoms with Crippen molar-refractivity contribution in [2.45, 2.75) is 13.8 Å². The molecule has 2 aromatic heterocycles. The van der Waals surface area contributed by atoms with Crippen LogP contribution in [0.25, 0.3) is 21.5 Å². The van der Waals surface area contributed by atoms with Crippen LogP contribution in [0, 0.1) is 13.8 Å². The maximum absolute atomic E-state index is 14.1. The van der Waals surface area contributed by atoms with Crippen molar-refractivity contribution in [1.29, 1.82) is 0 Å². The number of carbonyl (C=O) groups excluding carboxylic acids is 4. The maximum Gasteiger partial charge on any atom is 0.368 e. The topological polar surface area (TPSA) is 140 Å². The van der Waals surface area contributed by atoms with Gasteiger partial charge in [-0.25, -0.2) is 29.1 Å². The van der Waals surface area contributed by atoms with Gasteiger partial charge in [0.1, 0.15) is 23.0 Å². The molecule has 6 aromatic carbocycles. The third-order valence-electron chi connectivity index (χ3n) is 9.18. The number of aromatic nitrogens is 2. The van der Waals surface area contributed by atoms with Gasteiger partial charge in [-0.05, 0) is 98.8 Å². The zero-order chi connectivity index (χ0) is 40.9. The van der Waals surface area contributed by atoms with E-state index in [1.54, 1.807) is 135 Å². The molecular weight excluding hydrogens is 749 g/mol. The molecule has 0 fully saturated rings. The van der Waals surface area contributed by atoms with Gasteiger partial charge in [0, 0.05) is 32.9 Å². The average Bonchev–Trinajstić information content (AvgIpc) is 3.26. The van der Waals surface area contributed by atoms with Gasteiger partial charge >= 0.3 is 23.9 Å². The van der Waals surface area contributed by atoms with Crippen molar-refractivity contribution in [2.24, 2.45) is 0 Å². The molecular formula is C48H32N2O9. The second-order valence-corrected chi connectivity index (χ2v) is 13.2. The molecule has 0 bridgehead atoms. The van der Waals surface area contributed by atoms with Gasteiger partial charge in [0.2, 0.25) is 0 Å². The lowest BCUT2D eigenvalue weighted by Gasteiger charge is -2.16. The predicted molar refractivity (Wildman–Crippen MR) is 219 cm³/mol. The molecule has 0 saturated carbocycles. The lowest BCUT2D eigenvalue weighted by Crippen LogP contribution is -2.20. The van der Waals surface area contributed by atoms with Crippen LogP contribution in [0.1, 0.15) is 53.1 Å². The van der Waals surface area contributed by atoms with Crippen molar-refractivity contribution in [1.82, 2.24) is 9.97 Å². The fourth-order valence-corrected chi connectivity index (χ4v) is 6.35. The van der Waals surface area contributed by atoms with E-state index in [0.29, 0.717) is 55.9 Å². The number of para-hydroxylation sites is 2. The molecule has 0 aliphatic rings. The van der Waals surface area contributed by atoms with Gasteiger partial charge in [-0.2, -0.15) is 0 Å². The molecule has 8 rings (SSSR count). The van der Waals surface area contributed by atoms with Crippen molar-refractivity contribution in [3.63, 3.8) is 0 Å². The molecule has 8 aromatic rings. The van der Waals surface area contributed by atoms with Crippen molar-refractivity contribution in [2.75, 3.05) is 0 Å². The van der Waals surface area contributed by atoms with Crippen molar-refractivity contribution >= 4 is 45.4 Å². The summed E-state index contributed by atoms with van der Waals surface area (Å²) in [5.74, 6) is -2.40. The zero-order valence-corrected chi connectivity index (χ0v) is 31.6. The molecule has 0 aliphatic heterocycles. The van der Waals surface area contributed by atoms with Crippen molar-refractivity contribution < 1.29 is 42.9 Å².